The van der Waals surface area contributed by atoms with E-state index in [0.29, 0.717) is 5.56 Å². The van der Waals surface area contributed by atoms with Crippen LogP contribution in [0.15, 0.2) is 24.3 Å². The molecule has 17 heavy (non-hydrogen) atoms. The summed E-state index contributed by atoms with van der Waals surface area (Å²) in [7, 11) is -10.0. The fraction of sp³-hybridized carbons (Fsp3) is 0.250. The van der Waals surface area contributed by atoms with Crippen molar-refractivity contribution in [1.29, 1.82) is 0 Å². The maximum Gasteiger partial charge on any atom is 0.538 e. The summed E-state index contributed by atoms with van der Waals surface area (Å²) < 4.78 is 21.5. The van der Waals surface area contributed by atoms with Crippen LogP contribution in [0.25, 0.3) is 0 Å². The standard InChI is InChI=1S/C8H11NO6P2/c10-16(11,12)9(17(13,14)15)6-5-7-3-1-2-4-8(7)9/h1-4H,5-6H2,(H3-,10,11,12,13,14,15)/p+1. The minimum absolute atomic E-state index is 0.00849. The van der Waals surface area contributed by atoms with Crippen LogP contribution in [0.3, 0.4) is 0 Å². The molecule has 0 atom stereocenters. The average Bonchev–Trinajstić information content (AvgIpc) is 2.55. The van der Waals surface area contributed by atoms with E-state index in [1.165, 1.54) is 12.1 Å². The minimum Gasteiger partial charge on any atom is -0.278 e. The Labute approximate surface area is 97.3 Å². The number of para-hydroxylation sites is 1. The van der Waals surface area contributed by atoms with Crippen molar-refractivity contribution < 1.29 is 28.7 Å². The minimum atomic E-state index is -5.02. The molecule has 4 N–H and O–H groups in total. The van der Waals surface area contributed by atoms with Gasteiger partial charge in [-0.25, -0.2) is 9.13 Å². The SMILES string of the molecule is O=P(O)(O)[N+]1(P(=O)(O)O)CCc2ccccc21. The number of quaternary nitrogens is 1. The Morgan fingerprint density at radius 1 is 1.00 bits per heavy atom. The monoisotopic (exact) mass is 280 g/mol. The van der Waals surface area contributed by atoms with Crippen molar-refractivity contribution in [3.05, 3.63) is 29.8 Å². The summed E-state index contributed by atoms with van der Waals surface area (Å²) in [5, 5.41) is 0. The van der Waals surface area contributed by atoms with E-state index in [4.69, 9.17) is 0 Å². The van der Waals surface area contributed by atoms with Gasteiger partial charge in [0.25, 0.3) is 0 Å². The van der Waals surface area contributed by atoms with Gasteiger partial charge in [0.15, 0.2) is 5.69 Å². The van der Waals surface area contributed by atoms with Gasteiger partial charge in [0.05, 0.1) is 0 Å². The van der Waals surface area contributed by atoms with Gasteiger partial charge >= 0.3 is 15.5 Å². The topological polar surface area (TPSA) is 115 Å². The molecule has 0 bridgehead atoms. The number of rotatable bonds is 2. The van der Waals surface area contributed by atoms with Crippen LogP contribution in [0.1, 0.15) is 5.56 Å². The second kappa shape index (κ2) is 3.73. The number of benzene rings is 1. The molecular formula is C8H12NO6P2+. The Hall–Kier alpha value is -0.520. The van der Waals surface area contributed by atoms with Crippen LogP contribution < -0.4 is 4.02 Å². The zero-order chi connectivity index (χ0) is 12.9. The Morgan fingerprint density at radius 2 is 1.53 bits per heavy atom. The van der Waals surface area contributed by atoms with Gasteiger partial charge in [-0.2, -0.15) is 0 Å². The van der Waals surface area contributed by atoms with Crippen LogP contribution >= 0.6 is 15.5 Å². The second-order valence-electron chi connectivity index (χ2n) is 3.86. The number of fused-ring (bicyclic) bond motifs is 1. The van der Waals surface area contributed by atoms with E-state index in [-0.39, 0.29) is 18.7 Å². The molecule has 1 aliphatic heterocycles. The molecular weight excluding hydrogens is 268 g/mol. The van der Waals surface area contributed by atoms with Gasteiger partial charge in [-0.1, -0.05) is 18.2 Å². The van der Waals surface area contributed by atoms with E-state index in [2.05, 4.69) is 0 Å². The largest absolute Gasteiger partial charge is 0.538 e. The summed E-state index contributed by atoms with van der Waals surface area (Å²) >= 11 is 0. The lowest BCUT2D eigenvalue weighted by Gasteiger charge is -2.32. The third-order valence-electron chi connectivity index (χ3n) is 2.93. The van der Waals surface area contributed by atoms with E-state index in [0.717, 1.165) is 0 Å². The first-order chi connectivity index (χ1) is 7.70. The molecule has 9 heteroatoms. The zero-order valence-electron chi connectivity index (χ0n) is 8.67. The first-order valence-electron chi connectivity index (χ1n) is 4.79. The van der Waals surface area contributed by atoms with E-state index in [1.54, 1.807) is 12.1 Å². The Kier molecular flexibility index (Phi) is 2.84. The van der Waals surface area contributed by atoms with Gasteiger partial charge in [-0.15, -0.1) is 4.02 Å². The van der Waals surface area contributed by atoms with E-state index < -0.39 is 19.5 Å². The van der Waals surface area contributed by atoms with Crippen LogP contribution in [0, 0.1) is 0 Å². The molecule has 0 spiro atoms. The highest BCUT2D eigenvalue weighted by Crippen LogP contribution is 2.70. The molecule has 0 aromatic heterocycles. The number of hydrogen-bond acceptors (Lipinski definition) is 2. The summed E-state index contributed by atoms with van der Waals surface area (Å²) in [5.41, 5.74) is 0.563. The first-order valence-corrected chi connectivity index (χ1v) is 7.92. The third-order valence-corrected chi connectivity index (χ3v) is 6.89. The first kappa shape index (κ1) is 12.9. The van der Waals surface area contributed by atoms with Crippen molar-refractivity contribution in [3.63, 3.8) is 0 Å². The lowest BCUT2D eigenvalue weighted by atomic mass is 10.2. The summed E-state index contributed by atoms with van der Waals surface area (Å²) in [6, 6.07) is 6.13. The van der Waals surface area contributed by atoms with Crippen molar-refractivity contribution in [2.75, 3.05) is 6.54 Å². The van der Waals surface area contributed by atoms with Crippen molar-refractivity contribution in [3.8, 4) is 0 Å². The zero-order valence-corrected chi connectivity index (χ0v) is 10.5. The maximum atomic E-state index is 11.5. The average molecular weight is 280 g/mol. The van der Waals surface area contributed by atoms with Crippen LogP contribution in [0.5, 0.6) is 0 Å². The molecule has 1 aromatic carbocycles. The predicted molar refractivity (Wildman–Crippen MR) is 60.9 cm³/mol. The fourth-order valence-corrected chi connectivity index (χ4v) is 5.05. The molecule has 0 amide bonds. The smallest absolute Gasteiger partial charge is 0.278 e. The molecule has 1 heterocycles. The highest BCUT2D eigenvalue weighted by Gasteiger charge is 2.64. The van der Waals surface area contributed by atoms with Crippen molar-refractivity contribution in [2.24, 2.45) is 0 Å². The molecule has 0 saturated heterocycles. The molecule has 0 saturated carbocycles. The van der Waals surface area contributed by atoms with E-state index in [9.17, 15) is 28.7 Å². The van der Waals surface area contributed by atoms with Crippen LogP contribution in [-0.2, 0) is 15.6 Å². The highest BCUT2D eigenvalue weighted by atomic mass is 31.3. The lowest BCUT2D eigenvalue weighted by Crippen LogP contribution is -2.40. The predicted octanol–water partition coefficient (Wildman–Crippen LogP) is 0.735. The van der Waals surface area contributed by atoms with Gasteiger partial charge in [0.1, 0.15) is 6.54 Å². The molecule has 1 aromatic rings. The van der Waals surface area contributed by atoms with E-state index >= 15 is 0 Å². The van der Waals surface area contributed by atoms with Crippen LogP contribution in [0.4, 0.5) is 5.69 Å². The van der Waals surface area contributed by atoms with Crippen molar-refractivity contribution in [1.82, 2.24) is 4.02 Å². The van der Waals surface area contributed by atoms with Crippen LogP contribution in [-0.4, -0.2) is 26.1 Å². The molecule has 0 fully saturated rings. The van der Waals surface area contributed by atoms with Crippen LogP contribution in [0.2, 0.25) is 0 Å². The number of hydrogen-bond donors (Lipinski definition) is 4. The van der Waals surface area contributed by atoms with E-state index in [1.807, 2.05) is 0 Å². The number of nitrogens with zero attached hydrogens (tertiary/aromatic N) is 1. The third kappa shape index (κ3) is 1.72. The molecule has 0 radical (unpaired) electrons. The quantitative estimate of drug-likeness (QED) is 0.594. The Bertz CT molecular complexity index is 525. The second-order valence-corrected chi connectivity index (χ2v) is 7.59. The van der Waals surface area contributed by atoms with Gasteiger partial charge in [-0.3, -0.25) is 19.6 Å². The summed E-state index contributed by atoms with van der Waals surface area (Å²) in [6.07, 6.45) is 0.229. The highest BCUT2D eigenvalue weighted by molar-refractivity contribution is 7.68. The summed E-state index contributed by atoms with van der Waals surface area (Å²) in [6.45, 7) is -0.298. The molecule has 2 rings (SSSR count). The Morgan fingerprint density at radius 3 is 2.06 bits per heavy atom. The lowest BCUT2D eigenvalue weighted by molar-refractivity contribution is 0.274. The molecule has 0 aliphatic carbocycles. The Balaban J connectivity index is 2.78. The van der Waals surface area contributed by atoms with Crippen molar-refractivity contribution >= 4 is 21.2 Å². The summed E-state index contributed by atoms with van der Waals surface area (Å²) in [4.78, 5) is 37.4. The molecule has 94 valence electrons. The van der Waals surface area contributed by atoms with Gasteiger partial charge in [-0.05, 0) is 0 Å². The molecule has 1 aliphatic rings. The van der Waals surface area contributed by atoms with Gasteiger partial charge in [0, 0.05) is 18.1 Å². The van der Waals surface area contributed by atoms with Gasteiger partial charge in [0.2, 0.25) is 0 Å². The maximum absolute atomic E-state index is 11.5. The summed E-state index contributed by atoms with van der Waals surface area (Å²) in [5.74, 6) is 0. The normalized spacial score (nSPS) is 19.1. The van der Waals surface area contributed by atoms with Crippen molar-refractivity contribution in [2.45, 2.75) is 6.42 Å². The molecule has 7 nitrogen and oxygen atoms in total. The molecule has 0 unspecified atom stereocenters. The fourth-order valence-electron chi connectivity index (χ4n) is 2.16. The van der Waals surface area contributed by atoms with Gasteiger partial charge < -0.3 is 0 Å².